The lowest BCUT2D eigenvalue weighted by Gasteiger charge is -2.35. The van der Waals surface area contributed by atoms with Crippen LogP contribution in [0.4, 0.5) is 4.39 Å². The molecule has 0 aliphatic carbocycles. The zero-order valence-corrected chi connectivity index (χ0v) is 14.1. The van der Waals surface area contributed by atoms with E-state index in [1.165, 1.54) is 18.2 Å². The van der Waals surface area contributed by atoms with Crippen molar-refractivity contribution >= 4 is 16.9 Å². The second-order valence-electron chi connectivity index (χ2n) is 6.86. The Hall–Kier alpha value is -1.99. The van der Waals surface area contributed by atoms with Crippen LogP contribution in [0.25, 0.3) is 11.0 Å². The maximum atomic E-state index is 13.4. The Morgan fingerprint density at radius 2 is 2.12 bits per heavy atom. The van der Waals surface area contributed by atoms with Gasteiger partial charge in [0.2, 0.25) is 5.91 Å². The molecule has 2 aliphatic heterocycles. The molecule has 2 fully saturated rings. The van der Waals surface area contributed by atoms with Crippen LogP contribution in [0.15, 0.2) is 22.7 Å². The Morgan fingerprint density at radius 1 is 1.28 bits per heavy atom. The van der Waals surface area contributed by atoms with E-state index in [1.807, 2.05) is 4.90 Å². The highest BCUT2D eigenvalue weighted by Gasteiger charge is 2.25. The van der Waals surface area contributed by atoms with Gasteiger partial charge in [-0.15, -0.1) is 0 Å². The number of hydrogen-bond acceptors (Lipinski definition) is 5. The summed E-state index contributed by atoms with van der Waals surface area (Å²) in [6.07, 6.45) is 1.28. The Labute approximate surface area is 145 Å². The van der Waals surface area contributed by atoms with Gasteiger partial charge in [-0.1, -0.05) is 5.16 Å². The number of ether oxygens (including phenoxy) is 1. The first kappa shape index (κ1) is 16.5. The lowest BCUT2D eigenvalue weighted by molar-refractivity contribution is -0.132. The Bertz CT molecular complexity index is 749. The predicted octanol–water partition coefficient (Wildman–Crippen LogP) is 1.69. The molecule has 2 aromatic rings. The van der Waals surface area contributed by atoms with Crippen molar-refractivity contribution in [1.82, 2.24) is 15.0 Å². The van der Waals surface area contributed by atoms with Crippen LogP contribution in [0.5, 0.6) is 0 Å². The van der Waals surface area contributed by atoms with E-state index in [0.29, 0.717) is 22.6 Å². The van der Waals surface area contributed by atoms with Gasteiger partial charge in [0.1, 0.15) is 11.5 Å². The molecule has 2 saturated heterocycles. The molecule has 0 saturated carbocycles. The van der Waals surface area contributed by atoms with Crippen LogP contribution in [-0.2, 0) is 16.0 Å². The SMILES string of the molecule is O=C(Cc1noc2ccc(F)cc12)N1CCN(CC2CCOC2)CC1. The minimum Gasteiger partial charge on any atom is -0.381 e. The largest absolute Gasteiger partial charge is 0.381 e. The summed E-state index contributed by atoms with van der Waals surface area (Å²) < 4.78 is 24.0. The van der Waals surface area contributed by atoms with Crippen molar-refractivity contribution in [2.75, 3.05) is 45.9 Å². The van der Waals surface area contributed by atoms with E-state index >= 15 is 0 Å². The van der Waals surface area contributed by atoms with E-state index < -0.39 is 0 Å². The van der Waals surface area contributed by atoms with Gasteiger partial charge in [0.25, 0.3) is 0 Å². The zero-order chi connectivity index (χ0) is 17.2. The fourth-order valence-electron chi connectivity index (χ4n) is 3.62. The molecule has 3 heterocycles. The first-order valence-electron chi connectivity index (χ1n) is 8.81. The zero-order valence-electron chi connectivity index (χ0n) is 14.1. The van der Waals surface area contributed by atoms with Gasteiger partial charge in [0, 0.05) is 44.7 Å². The number of benzene rings is 1. The molecule has 0 spiro atoms. The number of halogens is 1. The molecule has 134 valence electrons. The molecule has 1 unspecified atom stereocenters. The summed E-state index contributed by atoms with van der Waals surface area (Å²) in [5.41, 5.74) is 1.01. The average Bonchev–Trinajstić information content (AvgIpc) is 3.26. The van der Waals surface area contributed by atoms with E-state index in [4.69, 9.17) is 9.26 Å². The van der Waals surface area contributed by atoms with E-state index in [0.717, 1.165) is 52.4 Å². The Morgan fingerprint density at radius 3 is 2.88 bits per heavy atom. The fraction of sp³-hybridized carbons (Fsp3) is 0.556. The van der Waals surface area contributed by atoms with Crippen molar-refractivity contribution in [3.05, 3.63) is 29.7 Å². The second kappa shape index (κ2) is 7.09. The summed E-state index contributed by atoms with van der Waals surface area (Å²) in [5.74, 6) is 0.288. The van der Waals surface area contributed by atoms with Crippen molar-refractivity contribution < 1.29 is 18.4 Å². The average molecular weight is 347 g/mol. The molecule has 1 aromatic heterocycles. The standard InChI is InChI=1S/C18H22FN3O3/c19-14-1-2-17-15(9-14)16(20-25-17)10-18(23)22-6-4-21(5-7-22)11-13-3-8-24-12-13/h1-2,9,13H,3-8,10-12H2. The van der Waals surface area contributed by atoms with Crippen LogP contribution in [0.1, 0.15) is 12.1 Å². The highest BCUT2D eigenvalue weighted by Crippen LogP contribution is 2.21. The lowest BCUT2D eigenvalue weighted by atomic mass is 10.1. The van der Waals surface area contributed by atoms with Gasteiger partial charge in [-0.3, -0.25) is 9.69 Å². The van der Waals surface area contributed by atoms with Crippen molar-refractivity contribution in [3.8, 4) is 0 Å². The Balaban J connectivity index is 1.33. The normalized spacial score (nSPS) is 22.0. The van der Waals surface area contributed by atoms with Gasteiger partial charge in [-0.25, -0.2) is 4.39 Å². The van der Waals surface area contributed by atoms with E-state index in [1.54, 1.807) is 0 Å². The van der Waals surface area contributed by atoms with E-state index in [9.17, 15) is 9.18 Å². The van der Waals surface area contributed by atoms with Crippen LogP contribution >= 0.6 is 0 Å². The molecular weight excluding hydrogens is 325 g/mol. The summed E-state index contributed by atoms with van der Waals surface area (Å²) >= 11 is 0. The Kier molecular flexibility index (Phi) is 4.67. The van der Waals surface area contributed by atoms with Gasteiger partial charge in [-0.05, 0) is 30.5 Å². The summed E-state index contributed by atoms with van der Waals surface area (Å²) in [4.78, 5) is 16.8. The number of rotatable bonds is 4. The minimum absolute atomic E-state index is 0.0170. The fourth-order valence-corrected chi connectivity index (χ4v) is 3.62. The molecule has 0 N–H and O–H groups in total. The number of fused-ring (bicyclic) bond motifs is 1. The van der Waals surface area contributed by atoms with Gasteiger partial charge >= 0.3 is 0 Å². The van der Waals surface area contributed by atoms with Gasteiger partial charge in [0.05, 0.1) is 13.0 Å². The highest BCUT2D eigenvalue weighted by molar-refractivity contribution is 5.86. The predicted molar refractivity (Wildman–Crippen MR) is 89.6 cm³/mol. The van der Waals surface area contributed by atoms with Crippen molar-refractivity contribution in [1.29, 1.82) is 0 Å². The molecular formula is C18H22FN3O3. The number of carbonyl (C=O) groups excluding carboxylic acids is 1. The van der Waals surface area contributed by atoms with Gasteiger partial charge in [0.15, 0.2) is 5.58 Å². The maximum absolute atomic E-state index is 13.4. The quantitative estimate of drug-likeness (QED) is 0.842. The van der Waals surface area contributed by atoms with Crippen molar-refractivity contribution in [2.45, 2.75) is 12.8 Å². The smallest absolute Gasteiger partial charge is 0.228 e. The molecule has 4 rings (SSSR count). The molecule has 6 nitrogen and oxygen atoms in total. The molecule has 2 aliphatic rings. The number of amides is 1. The van der Waals surface area contributed by atoms with E-state index in [-0.39, 0.29) is 18.1 Å². The number of piperazine rings is 1. The van der Waals surface area contributed by atoms with Crippen LogP contribution in [0, 0.1) is 11.7 Å². The van der Waals surface area contributed by atoms with Crippen LogP contribution < -0.4 is 0 Å². The van der Waals surface area contributed by atoms with Crippen molar-refractivity contribution in [2.24, 2.45) is 5.92 Å². The molecule has 1 aromatic carbocycles. The van der Waals surface area contributed by atoms with Crippen LogP contribution in [-0.4, -0.2) is 66.8 Å². The third-order valence-electron chi connectivity index (χ3n) is 5.09. The molecule has 7 heteroatoms. The first-order valence-corrected chi connectivity index (χ1v) is 8.81. The molecule has 0 bridgehead atoms. The van der Waals surface area contributed by atoms with Gasteiger partial charge in [-0.2, -0.15) is 0 Å². The monoisotopic (exact) mass is 347 g/mol. The topological polar surface area (TPSA) is 58.8 Å². The third kappa shape index (κ3) is 3.67. The highest BCUT2D eigenvalue weighted by atomic mass is 19.1. The first-order chi connectivity index (χ1) is 12.2. The molecule has 1 atom stereocenters. The van der Waals surface area contributed by atoms with Crippen molar-refractivity contribution in [3.63, 3.8) is 0 Å². The van der Waals surface area contributed by atoms with Gasteiger partial charge < -0.3 is 14.2 Å². The summed E-state index contributed by atoms with van der Waals surface area (Å²) in [5, 5.41) is 4.52. The summed E-state index contributed by atoms with van der Waals surface area (Å²) in [6, 6.07) is 4.24. The number of aromatic nitrogens is 1. The molecule has 1 amide bonds. The second-order valence-corrected chi connectivity index (χ2v) is 6.86. The van der Waals surface area contributed by atoms with Crippen LogP contribution in [0.3, 0.4) is 0 Å². The number of carbonyl (C=O) groups is 1. The summed E-state index contributed by atoms with van der Waals surface area (Å²) in [7, 11) is 0. The van der Waals surface area contributed by atoms with Crippen LogP contribution in [0.2, 0.25) is 0 Å². The summed E-state index contributed by atoms with van der Waals surface area (Å²) in [6.45, 7) is 5.99. The third-order valence-corrected chi connectivity index (χ3v) is 5.09. The van der Waals surface area contributed by atoms with E-state index in [2.05, 4.69) is 10.1 Å². The molecule has 25 heavy (non-hydrogen) atoms. The number of hydrogen-bond donors (Lipinski definition) is 0. The minimum atomic E-state index is -0.353. The molecule has 0 radical (unpaired) electrons. The lowest BCUT2D eigenvalue weighted by Crippen LogP contribution is -2.50. The number of nitrogens with zero attached hydrogens (tertiary/aromatic N) is 3. The maximum Gasteiger partial charge on any atom is 0.228 e.